The lowest BCUT2D eigenvalue weighted by Gasteiger charge is -2.31. The Morgan fingerprint density at radius 3 is 2.65 bits per heavy atom. The second-order valence-corrected chi connectivity index (χ2v) is 7.89. The molecule has 140 valence electrons. The molecule has 0 bridgehead atoms. The summed E-state index contributed by atoms with van der Waals surface area (Å²) in [5.41, 5.74) is 2.03. The van der Waals surface area contributed by atoms with Gasteiger partial charge in [0.2, 0.25) is 0 Å². The van der Waals surface area contributed by atoms with Crippen LogP contribution in [-0.4, -0.2) is 29.7 Å². The molecule has 3 rings (SSSR count). The smallest absolute Gasteiger partial charge is 0.136 e. The number of rotatable bonds is 5. The molecule has 1 fully saturated rings. The number of methoxy groups -OCH3 is 1. The SMILES string of the molecule is COCc1cc(NC2CCOC(c3ccccc3)C2)nc(C(C)(C)C)n1. The molecule has 0 amide bonds. The van der Waals surface area contributed by atoms with E-state index < -0.39 is 0 Å². The summed E-state index contributed by atoms with van der Waals surface area (Å²) in [4.78, 5) is 9.41. The summed E-state index contributed by atoms with van der Waals surface area (Å²) in [6, 6.07) is 12.7. The number of anilines is 1. The van der Waals surface area contributed by atoms with Crippen molar-refractivity contribution >= 4 is 5.82 Å². The Balaban J connectivity index is 1.76. The van der Waals surface area contributed by atoms with Gasteiger partial charge in [-0.25, -0.2) is 9.97 Å². The van der Waals surface area contributed by atoms with E-state index in [2.05, 4.69) is 55.3 Å². The van der Waals surface area contributed by atoms with E-state index in [4.69, 9.17) is 14.5 Å². The van der Waals surface area contributed by atoms with E-state index in [-0.39, 0.29) is 11.5 Å². The minimum absolute atomic E-state index is 0.109. The van der Waals surface area contributed by atoms with Crippen LogP contribution < -0.4 is 5.32 Å². The lowest BCUT2D eigenvalue weighted by atomic mass is 9.95. The fourth-order valence-electron chi connectivity index (χ4n) is 3.17. The van der Waals surface area contributed by atoms with Crippen molar-refractivity contribution in [3.63, 3.8) is 0 Å². The van der Waals surface area contributed by atoms with Crippen LogP contribution in [0.25, 0.3) is 0 Å². The summed E-state index contributed by atoms with van der Waals surface area (Å²) in [5, 5.41) is 3.61. The monoisotopic (exact) mass is 355 g/mol. The number of hydrogen-bond acceptors (Lipinski definition) is 5. The van der Waals surface area contributed by atoms with E-state index in [1.165, 1.54) is 5.56 Å². The standard InChI is InChI=1S/C21H29N3O2/c1-21(2,3)20-23-17(14-25-4)13-19(24-20)22-16-10-11-26-18(12-16)15-8-6-5-7-9-15/h5-9,13,16,18H,10-12,14H2,1-4H3,(H,22,23,24). The van der Waals surface area contributed by atoms with Crippen molar-refractivity contribution < 1.29 is 9.47 Å². The predicted molar refractivity (Wildman–Crippen MR) is 103 cm³/mol. The van der Waals surface area contributed by atoms with Crippen LogP contribution in [0.2, 0.25) is 0 Å². The first kappa shape index (κ1) is 18.8. The molecular weight excluding hydrogens is 326 g/mol. The van der Waals surface area contributed by atoms with Gasteiger partial charge in [-0.15, -0.1) is 0 Å². The summed E-state index contributed by atoms with van der Waals surface area (Å²) < 4.78 is 11.3. The van der Waals surface area contributed by atoms with Gasteiger partial charge in [0.15, 0.2) is 0 Å². The van der Waals surface area contributed by atoms with Crippen LogP contribution >= 0.6 is 0 Å². The summed E-state index contributed by atoms with van der Waals surface area (Å²) in [5.74, 6) is 1.71. The summed E-state index contributed by atoms with van der Waals surface area (Å²) in [6.07, 6.45) is 2.03. The van der Waals surface area contributed by atoms with Crippen LogP contribution in [0.4, 0.5) is 5.82 Å². The maximum Gasteiger partial charge on any atom is 0.136 e. The molecule has 0 aliphatic carbocycles. The number of benzene rings is 1. The lowest BCUT2D eigenvalue weighted by molar-refractivity contribution is 0.00973. The Hall–Kier alpha value is -1.98. The lowest BCUT2D eigenvalue weighted by Crippen LogP contribution is -2.31. The van der Waals surface area contributed by atoms with E-state index in [9.17, 15) is 0 Å². The molecule has 0 radical (unpaired) electrons. The predicted octanol–water partition coefficient (Wildman–Crippen LogP) is 4.25. The zero-order valence-corrected chi connectivity index (χ0v) is 16.2. The van der Waals surface area contributed by atoms with Gasteiger partial charge in [-0.1, -0.05) is 51.1 Å². The molecule has 1 aromatic carbocycles. The average molecular weight is 355 g/mol. The molecule has 5 nitrogen and oxygen atoms in total. The summed E-state index contributed by atoms with van der Waals surface area (Å²) in [6.45, 7) is 7.62. The number of nitrogens with zero attached hydrogens (tertiary/aromatic N) is 2. The van der Waals surface area contributed by atoms with Crippen molar-refractivity contribution in [2.24, 2.45) is 0 Å². The van der Waals surface area contributed by atoms with Gasteiger partial charge in [0.1, 0.15) is 11.6 Å². The Labute approximate surface area is 156 Å². The zero-order chi connectivity index (χ0) is 18.6. The number of nitrogens with one attached hydrogen (secondary N) is 1. The highest BCUT2D eigenvalue weighted by Crippen LogP contribution is 2.30. The minimum Gasteiger partial charge on any atom is -0.378 e. The summed E-state index contributed by atoms with van der Waals surface area (Å²) in [7, 11) is 1.69. The highest BCUT2D eigenvalue weighted by Gasteiger charge is 2.25. The molecule has 1 aliphatic heterocycles. The van der Waals surface area contributed by atoms with Crippen molar-refractivity contribution in [3.05, 3.63) is 53.5 Å². The van der Waals surface area contributed by atoms with Gasteiger partial charge in [0.05, 0.1) is 18.4 Å². The third kappa shape index (κ3) is 4.80. The first-order valence-electron chi connectivity index (χ1n) is 9.26. The quantitative estimate of drug-likeness (QED) is 0.869. The van der Waals surface area contributed by atoms with E-state index >= 15 is 0 Å². The van der Waals surface area contributed by atoms with Gasteiger partial charge in [-0.2, -0.15) is 0 Å². The Morgan fingerprint density at radius 2 is 1.96 bits per heavy atom. The van der Waals surface area contributed by atoms with Gasteiger partial charge < -0.3 is 14.8 Å². The molecule has 1 aromatic heterocycles. The molecule has 1 N–H and O–H groups in total. The van der Waals surface area contributed by atoms with Gasteiger partial charge >= 0.3 is 0 Å². The van der Waals surface area contributed by atoms with Crippen molar-refractivity contribution in [1.29, 1.82) is 0 Å². The summed E-state index contributed by atoms with van der Waals surface area (Å²) >= 11 is 0. The van der Waals surface area contributed by atoms with E-state index in [0.29, 0.717) is 12.6 Å². The molecule has 2 unspecified atom stereocenters. The Kier molecular flexibility index (Phi) is 5.89. The van der Waals surface area contributed by atoms with Crippen LogP contribution in [0.1, 0.15) is 56.8 Å². The molecular formula is C21H29N3O2. The van der Waals surface area contributed by atoms with Crippen molar-refractivity contribution in [2.45, 2.75) is 57.8 Å². The molecule has 1 saturated heterocycles. The van der Waals surface area contributed by atoms with Crippen LogP contribution in [0.15, 0.2) is 36.4 Å². The van der Waals surface area contributed by atoms with Crippen LogP contribution in [0.5, 0.6) is 0 Å². The maximum absolute atomic E-state index is 5.98. The molecule has 1 aliphatic rings. The Bertz CT molecular complexity index is 713. The van der Waals surface area contributed by atoms with Crippen molar-refractivity contribution in [2.75, 3.05) is 19.0 Å². The number of aromatic nitrogens is 2. The van der Waals surface area contributed by atoms with Gasteiger partial charge in [0, 0.05) is 31.2 Å². The topological polar surface area (TPSA) is 56.3 Å². The molecule has 0 saturated carbocycles. The molecule has 2 atom stereocenters. The highest BCUT2D eigenvalue weighted by atomic mass is 16.5. The highest BCUT2D eigenvalue weighted by molar-refractivity contribution is 5.38. The second-order valence-electron chi connectivity index (χ2n) is 7.89. The van der Waals surface area contributed by atoms with Crippen molar-refractivity contribution in [1.82, 2.24) is 9.97 Å². The van der Waals surface area contributed by atoms with Crippen LogP contribution in [0, 0.1) is 0 Å². The fourth-order valence-corrected chi connectivity index (χ4v) is 3.17. The Morgan fingerprint density at radius 1 is 1.19 bits per heavy atom. The normalized spacial score (nSPS) is 20.8. The third-order valence-electron chi connectivity index (χ3n) is 4.55. The van der Waals surface area contributed by atoms with Gasteiger partial charge in [0.25, 0.3) is 0 Å². The average Bonchev–Trinajstić information content (AvgIpc) is 2.62. The van der Waals surface area contributed by atoms with E-state index in [1.807, 2.05) is 12.1 Å². The van der Waals surface area contributed by atoms with Crippen molar-refractivity contribution in [3.8, 4) is 0 Å². The first-order chi connectivity index (χ1) is 12.5. The largest absolute Gasteiger partial charge is 0.378 e. The number of ether oxygens (including phenoxy) is 2. The van der Waals surface area contributed by atoms with Crippen LogP contribution in [-0.2, 0) is 21.5 Å². The molecule has 0 spiro atoms. The first-order valence-corrected chi connectivity index (χ1v) is 9.26. The maximum atomic E-state index is 5.98. The van der Waals surface area contributed by atoms with Gasteiger partial charge in [-0.05, 0) is 18.4 Å². The fraction of sp³-hybridized carbons (Fsp3) is 0.524. The zero-order valence-electron chi connectivity index (χ0n) is 16.2. The molecule has 2 heterocycles. The van der Waals surface area contributed by atoms with Crippen LogP contribution in [0.3, 0.4) is 0 Å². The second kappa shape index (κ2) is 8.14. The molecule has 2 aromatic rings. The number of hydrogen-bond donors (Lipinski definition) is 1. The molecule has 5 heteroatoms. The molecule has 26 heavy (non-hydrogen) atoms. The van der Waals surface area contributed by atoms with E-state index in [0.717, 1.165) is 36.8 Å². The minimum atomic E-state index is -0.109. The van der Waals surface area contributed by atoms with Gasteiger partial charge in [-0.3, -0.25) is 0 Å². The van der Waals surface area contributed by atoms with E-state index in [1.54, 1.807) is 7.11 Å². The third-order valence-corrected chi connectivity index (χ3v) is 4.55.